The van der Waals surface area contributed by atoms with Crippen LogP contribution in [0, 0.1) is 0 Å². The van der Waals surface area contributed by atoms with Gasteiger partial charge in [0, 0.05) is 36.7 Å². The summed E-state index contributed by atoms with van der Waals surface area (Å²) in [5.74, 6) is -0.220. The van der Waals surface area contributed by atoms with Crippen LogP contribution in [0.15, 0.2) is 41.9 Å². The molecule has 2 rings (SSSR count). The number of aromatic nitrogens is 1. The zero-order valence-corrected chi connectivity index (χ0v) is 13.2. The van der Waals surface area contributed by atoms with Crippen molar-refractivity contribution in [2.45, 2.75) is 25.8 Å². The van der Waals surface area contributed by atoms with Crippen molar-refractivity contribution in [2.24, 2.45) is 0 Å². The van der Waals surface area contributed by atoms with Crippen molar-refractivity contribution < 1.29 is 9.59 Å². The van der Waals surface area contributed by atoms with E-state index in [-0.39, 0.29) is 24.3 Å². The molecule has 2 amide bonds. The minimum absolute atomic E-state index is 0.0805. The molecule has 6 heteroatoms. The van der Waals surface area contributed by atoms with Crippen molar-refractivity contribution in [3.05, 3.63) is 52.5 Å². The summed E-state index contributed by atoms with van der Waals surface area (Å²) < 4.78 is 0. The maximum atomic E-state index is 12.0. The molecule has 0 aromatic carbocycles. The number of thiophene rings is 1. The Morgan fingerprint density at radius 1 is 1.27 bits per heavy atom. The number of pyridine rings is 1. The first-order chi connectivity index (χ1) is 10.6. The fourth-order valence-electron chi connectivity index (χ4n) is 2.09. The van der Waals surface area contributed by atoms with Crippen molar-refractivity contribution in [3.63, 3.8) is 0 Å². The summed E-state index contributed by atoms with van der Waals surface area (Å²) in [4.78, 5) is 28.5. The predicted octanol–water partition coefficient (Wildman–Crippen LogP) is 2.07. The van der Waals surface area contributed by atoms with E-state index in [0.29, 0.717) is 13.0 Å². The molecule has 0 bridgehead atoms. The topological polar surface area (TPSA) is 71.1 Å². The molecule has 0 saturated carbocycles. The van der Waals surface area contributed by atoms with E-state index < -0.39 is 0 Å². The first-order valence-corrected chi connectivity index (χ1v) is 8.00. The Kier molecular flexibility index (Phi) is 6.09. The molecule has 1 atom stereocenters. The molecular weight excluding hydrogens is 298 g/mol. The van der Waals surface area contributed by atoms with Crippen LogP contribution < -0.4 is 10.6 Å². The Morgan fingerprint density at radius 2 is 2.14 bits per heavy atom. The van der Waals surface area contributed by atoms with E-state index in [2.05, 4.69) is 15.6 Å². The number of hydrogen-bond acceptors (Lipinski definition) is 4. The molecular formula is C16H19N3O2S. The Bertz CT molecular complexity index is 599. The Hall–Kier alpha value is -2.21. The highest BCUT2D eigenvalue weighted by molar-refractivity contribution is 7.10. The maximum Gasteiger partial charge on any atom is 0.222 e. The normalized spacial score (nSPS) is 11.7. The molecule has 0 fully saturated rings. The van der Waals surface area contributed by atoms with E-state index in [1.54, 1.807) is 6.20 Å². The van der Waals surface area contributed by atoms with Gasteiger partial charge in [0.1, 0.15) is 0 Å². The summed E-state index contributed by atoms with van der Waals surface area (Å²) in [7, 11) is 0. The average Bonchev–Trinajstić information content (AvgIpc) is 3.01. The second-order valence-electron chi connectivity index (χ2n) is 4.89. The minimum Gasteiger partial charge on any atom is -0.356 e. The molecule has 0 aliphatic rings. The third-order valence-electron chi connectivity index (χ3n) is 3.08. The first-order valence-electron chi connectivity index (χ1n) is 7.12. The van der Waals surface area contributed by atoms with Crippen molar-refractivity contribution >= 4 is 23.2 Å². The van der Waals surface area contributed by atoms with Gasteiger partial charge in [0.15, 0.2) is 0 Å². The smallest absolute Gasteiger partial charge is 0.222 e. The fraction of sp³-hybridized carbons (Fsp3) is 0.312. The number of amides is 2. The van der Waals surface area contributed by atoms with E-state index >= 15 is 0 Å². The van der Waals surface area contributed by atoms with Gasteiger partial charge in [0.25, 0.3) is 0 Å². The molecule has 2 heterocycles. The van der Waals surface area contributed by atoms with Crippen LogP contribution in [0.4, 0.5) is 0 Å². The molecule has 2 aromatic rings. The lowest BCUT2D eigenvalue weighted by Crippen LogP contribution is -2.33. The van der Waals surface area contributed by atoms with Gasteiger partial charge >= 0.3 is 0 Å². The zero-order valence-electron chi connectivity index (χ0n) is 12.4. The lowest BCUT2D eigenvalue weighted by atomic mass is 10.1. The highest BCUT2D eigenvalue weighted by atomic mass is 32.1. The summed E-state index contributed by atoms with van der Waals surface area (Å²) >= 11 is 1.53. The second-order valence-corrected chi connectivity index (χ2v) is 5.87. The monoisotopic (exact) mass is 317 g/mol. The lowest BCUT2D eigenvalue weighted by Gasteiger charge is -2.16. The van der Waals surface area contributed by atoms with Gasteiger partial charge in [-0.05, 0) is 23.6 Å². The number of nitrogens with one attached hydrogen (secondary N) is 2. The Morgan fingerprint density at radius 3 is 2.77 bits per heavy atom. The van der Waals surface area contributed by atoms with Crippen LogP contribution in [0.2, 0.25) is 0 Å². The van der Waals surface area contributed by atoms with Crippen molar-refractivity contribution in [1.82, 2.24) is 15.6 Å². The minimum atomic E-state index is -0.271. The van der Waals surface area contributed by atoms with Gasteiger partial charge in [-0.25, -0.2) is 0 Å². The highest BCUT2D eigenvalue weighted by Crippen LogP contribution is 2.21. The van der Waals surface area contributed by atoms with E-state index in [1.807, 2.05) is 35.7 Å². The third-order valence-corrected chi connectivity index (χ3v) is 4.07. The third kappa shape index (κ3) is 5.29. The van der Waals surface area contributed by atoms with Crippen LogP contribution in [-0.4, -0.2) is 23.3 Å². The van der Waals surface area contributed by atoms with E-state index in [9.17, 15) is 9.59 Å². The Balaban J connectivity index is 1.82. The molecule has 2 N–H and O–H groups in total. The molecule has 0 aliphatic heterocycles. The number of rotatable bonds is 7. The van der Waals surface area contributed by atoms with Gasteiger partial charge in [-0.2, -0.15) is 0 Å². The van der Waals surface area contributed by atoms with Crippen LogP contribution in [0.5, 0.6) is 0 Å². The van der Waals surface area contributed by atoms with Crippen molar-refractivity contribution in [3.8, 4) is 0 Å². The van der Waals surface area contributed by atoms with E-state index in [0.717, 1.165) is 10.6 Å². The molecule has 0 saturated heterocycles. The summed E-state index contributed by atoms with van der Waals surface area (Å²) in [6.45, 7) is 1.99. The molecule has 2 aromatic heterocycles. The molecule has 0 spiro atoms. The molecule has 116 valence electrons. The van der Waals surface area contributed by atoms with E-state index in [4.69, 9.17) is 0 Å². The number of hydrogen-bond donors (Lipinski definition) is 2. The van der Waals surface area contributed by atoms with Gasteiger partial charge in [-0.15, -0.1) is 11.3 Å². The lowest BCUT2D eigenvalue weighted by molar-refractivity contribution is -0.122. The first kappa shape index (κ1) is 16.2. The largest absolute Gasteiger partial charge is 0.356 e. The predicted molar refractivity (Wildman–Crippen MR) is 86.4 cm³/mol. The van der Waals surface area contributed by atoms with Gasteiger partial charge in [0.05, 0.1) is 12.5 Å². The number of carbonyl (C=O) groups excluding carboxylic acids is 2. The Labute approximate surface area is 133 Å². The molecule has 5 nitrogen and oxygen atoms in total. The second kappa shape index (κ2) is 8.29. The van der Waals surface area contributed by atoms with Gasteiger partial charge < -0.3 is 10.6 Å². The van der Waals surface area contributed by atoms with Crippen molar-refractivity contribution in [2.75, 3.05) is 6.54 Å². The summed E-state index contributed by atoms with van der Waals surface area (Å²) in [6.07, 6.45) is 2.67. The van der Waals surface area contributed by atoms with Crippen LogP contribution in [0.3, 0.4) is 0 Å². The summed E-state index contributed by atoms with van der Waals surface area (Å²) in [6, 6.07) is 9.28. The number of nitrogens with zero attached hydrogens (tertiary/aromatic N) is 1. The van der Waals surface area contributed by atoms with Gasteiger partial charge in [0.2, 0.25) is 11.8 Å². The maximum absolute atomic E-state index is 12.0. The van der Waals surface area contributed by atoms with Gasteiger partial charge in [-0.3, -0.25) is 14.6 Å². The summed E-state index contributed by atoms with van der Waals surface area (Å²) in [5, 5.41) is 7.62. The highest BCUT2D eigenvalue weighted by Gasteiger charge is 2.17. The average molecular weight is 317 g/mol. The number of carbonyl (C=O) groups is 2. The fourth-order valence-corrected chi connectivity index (χ4v) is 2.87. The molecule has 1 unspecified atom stereocenters. The van der Waals surface area contributed by atoms with E-state index in [1.165, 1.54) is 18.3 Å². The molecule has 22 heavy (non-hydrogen) atoms. The van der Waals surface area contributed by atoms with Crippen LogP contribution in [0.1, 0.15) is 30.0 Å². The van der Waals surface area contributed by atoms with Crippen molar-refractivity contribution in [1.29, 1.82) is 0 Å². The SMILES string of the molecule is CC(=O)NC(CC(=O)NCCc1ccccn1)c1cccs1. The zero-order chi connectivity index (χ0) is 15.8. The van der Waals surface area contributed by atoms with Crippen LogP contribution in [0.25, 0.3) is 0 Å². The molecule has 0 radical (unpaired) electrons. The van der Waals surface area contributed by atoms with Gasteiger partial charge in [-0.1, -0.05) is 12.1 Å². The van der Waals surface area contributed by atoms with Crippen LogP contribution in [-0.2, 0) is 16.0 Å². The quantitative estimate of drug-likeness (QED) is 0.821. The standard InChI is InChI=1S/C16H19N3O2S/c1-12(20)19-14(15-6-4-10-22-15)11-16(21)18-9-7-13-5-2-3-8-17-13/h2-6,8,10,14H,7,9,11H2,1H3,(H,18,21)(H,19,20). The molecule has 0 aliphatic carbocycles. The summed E-state index contributed by atoms with van der Waals surface area (Å²) in [5.41, 5.74) is 0.944. The van der Waals surface area contributed by atoms with Crippen LogP contribution >= 0.6 is 11.3 Å².